The zero-order valence-electron chi connectivity index (χ0n) is 29.2. The van der Waals surface area contributed by atoms with Crippen LogP contribution in [0.2, 0.25) is 0 Å². The second-order valence-corrected chi connectivity index (χ2v) is 14.8. The van der Waals surface area contributed by atoms with Crippen LogP contribution in [0.4, 0.5) is 0 Å². The highest BCUT2D eigenvalue weighted by Crippen LogP contribution is 2.67. The predicted molar refractivity (Wildman–Crippen MR) is 185 cm³/mol. The molecule has 7 rings (SSSR count). The van der Waals surface area contributed by atoms with Crippen molar-refractivity contribution in [1.29, 1.82) is 0 Å². The highest BCUT2D eigenvalue weighted by atomic mass is 16.6. The van der Waals surface area contributed by atoms with E-state index in [4.69, 9.17) is 23.4 Å². The molecular formula is C40H41NO10. The number of carbonyl (C=O) groups is 3. The predicted octanol–water partition coefficient (Wildman–Crippen LogP) is 6.20. The van der Waals surface area contributed by atoms with Gasteiger partial charge in [-0.1, -0.05) is 50.2 Å². The van der Waals surface area contributed by atoms with Crippen molar-refractivity contribution in [2.75, 3.05) is 6.61 Å². The molecule has 51 heavy (non-hydrogen) atoms. The SMILES string of the molecule is CC(=O)OC[C@@]1(C)[C@@H]2C[C@H](OC(=O)c3cccc4ccccc34)[C@@]3(C)Oc4cc(-c5cccnc5)oc(=O)c4[C@H](O)[C@@H]3[C@@]2(C)CC[C@@H]1OC(C)=O. The molecule has 2 fully saturated rings. The van der Waals surface area contributed by atoms with E-state index in [0.717, 1.165) is 5.39 Å². The van der Waals surface area contributed by atoms with Gasteiger partial charge < -0.3 is 28.5 Å². The molecule has 8 atom stereocenters. The van der Waals surface area contributed by atoms with Gasteiger partial charge in [-0.25, -0.2) is 9.59 Å². The summed E-state index contributed by atoms with van der Waals surface area (Å²) in [6.07, 6.45) is 1.22. The Morgan fingerprint density at radius 2 is 1.73 bits per heavy atom. The minimum Gasteiger partial charge on any atom is -0.482 e. The van der Waals surface area contributed by atoms with Gasteiger partial charge in [0.2, 0.25) is 0 Å². The molecule has 0 bridgehead atoms. The second kappa shape index (κ2) is 12.6. The van der Waals surface area contributed by atoms with Gasteiger partial charge in [0, 0.05) is 49.2 Å². The molecule has 0 amide bonds. The summed E-state index contributed by atoms with van der Waals surface area (Å²) in [6, 6.07) is 17.9. The molecule has 3 heterocycles. The van der Waals surface area contributed by atoms with E-state index < -0.39 is 70.1 Å². The molecule has 3 aliphatic rings. The Morgan fingerprint density at radius 1 is 0.961 bits per heavy atom. The van der Waals surface area contributed by atoms with Crippen molar-refractivity contribution in [1.82, 2.24) is 4.98 Å². The number of aromatic nitrogens is 1. The molecule has 2 aromatic carbocycles. The molecule has 2 aromatic heterocycles. The van der Waals surface area contributed by atoms with Crippen LogP contribution in [0, 0.1) is 22.7 Å². The lowest BCUT2D eigenvalue weighted by molar-refractivity contribution is -0.266. The summed E-state index contributed by atoms with van der Waals surface area (Å²) in [5.74, 6) is -2.49. The zero-order chi connectivity index (χ0) is 36.3. The number of hydrogen-bond donors (Lipinski definition) is 1. The Morgan fingerprint density at radius 3 is 2.45 bits per heavy atom. The molecule has 11 heteroatoms. The molecule has 0 saturated heterocycles. The minimum atomic E-state index is -1.40. The molecule has 11 nitrogen and oxygen atoms in total. The molecule has 0 unspecified atom stereocenters. The molecule has 2 saturated carbocycles. The standard InChI is InChI=1S/C40H41NO10/c1-22(42)47-21-39(4)30-19-32(50-36(45)27-14-8-11-24-10-6-7-13-26(24)27)40(5)35(38(30,3)16-15-31(39)48-23(2)43)34(44)33-29(51-40)18-28(49-37(33)46)25-12-9-17-41-20-25/h6-14,17-18,20,30-32,34-35,44H,15-16,19,21H2,1-5H3/t30-,31+,32+,34+,35-,38+,39+,40-/m1/s1. The summed E-state index contributed by atoms with van der Waals surface area (Å²) in [5, 5.41) is 14.0. The van der Waals surface area contributed by atoms with Gasteiger partial charge in [-0.05, 0) is 66.5 Å². The van der Waals surface area contributed by atoms with Gasteiger partial charge in [0.05, 0.1) is 11.7 Å². The van der Waals surface area contributed by atoms with Gasteiger partial charge in [-0.3, -0.25) is 14.6 Å². The van der Waals surface area contributed by atoms with Crippen LogP contribution in [0.25, 0.3) is 22.1 Å². The number of benzene rings is 2. The first-order chi connectivity index (χ1) is 24.3. The van der Waals surface area contributed by atoms with E-state index in [1.165, 1.54) is 13.8 Å². The van der Waals surface area contributed by atoms with Crippen LogP contribution in [-0.4, -0.2) is 52.4 Å². The Labute approximate surface area is 294 Å². The van der Waals surface area contributed by atoms with Crippen LogP contribution in [-0.2, 0) is 23.8 Å². The number of fused-ring (bicyclic) bond motifs is 5. The van der Waals surface area contributed by atoms with Crippen molar-refractivity contribution in [2.24, 2.45) is 22.7 Å². The van der Waals surface area contributed by atoms with Crippen LogP contribution in [0.1, 0.15) is 75.9 Å². The maximum absolute atomic E-state index is 14.2. The van der Waals surface area contributed by atoms with Gasteiger partial charge in [-0.15, -0.1) is 0 Å². The number of carbonyl (C=O) groups excluding carboxylic acids is 3. The fourth-order valence-electron chi connectivity index (χ4n) is 9.43. The molecule has 1 aliphatic heterocycles. The van der Waals surface area contributed by atoms with Gasteiger partial charge in [0.1, 0.15) is 41.5 Å². The highest BCUT2D eigenvalue weighted by Gasteiger charge is 2.71. The van der Waals surface area contributed by atoms with Crippen molar-refractivity contribution in [2.45, 2.75) is 77.8 Å². The lowest BCUT2D eigenvalue weighted by Crippen LogP contribution is -2.71. The van der Waals surface area contributed by atoms with Gasteiger partial charge >= 0.3 is 23.5 Å². The highest BCUT2D eigenvalue weighted by molar-refractivity contribution is 6.04. The summed E-state index contributed by atoms with van der Waals surface area (Å²) < 4.78 is 30.6. The third-order valence-electron chi connectivity index (χ3n) is 11.7. The Balaban J connectivity index is 1.38. The van der Waals surface area contributed by atoms with Gasteiger partial charge in [0.25, 0.3) is 0 Å². The van der Waals surface area contributed by atoms with E-state index >= 15 is 0 Å². The topological polar surface area (TPSA) is 151 Å². The lowest BCUT2D eigenvalue weighted by atomic mass is 9.42. The largest absolute Gasteiger partial charge is 0.482 e. The molecular weight excluding hydrogens is 654 g/mol. The fourth-order valence-corrected chi connectivity index (χ4v) is 9.43. The Kier molecular flexibility index (Phi) is 8.52. The summed E-state index contributed by atoms with van der Waals surface area (Å²) in [7, 11) is 0. The molecule has 1 N–H and O–H groups in total. The average molecular weight is 696 g/mol. The Bertz CT molecular complexity index is 2070. The monoisotopic (exact) mass is 695 g/mol. The van der Waals surface area contributed by atoms with E-state index in [-0.39, 0.29) is 30.1 Å². The number of pyridine rings is 1. The van der Waals surface area contributed by atoms with E-state index in [1.807, 2.05) is 51.1 Å². The van der Waals surface area contributed by atoms with Crippen molar-refractivity contribution in [3.05, 3.63) is 94.6 Å². The van der Waals surface area contributed by atoms with Crippen LogP contribution in [0.3, 0.4) is 0 Å². The quantitative estimate of drug-likeness (QED) is 0.181. The van der Waals surface area contributed by atoms with Crippen LogP contribution in [0.15, 0.2) is 82.3 Å². The number of nitrogens with zero attached hydrogens (tertiary/aromatic N) is 1. The molecule has 266 valence electrons. The summed E-state index contributed by atoms with van der Waals surface area (Å²) in [6.45, 7) is 8.29. The number of esters is 3. The van der Waals surface area contributed by atoms with Gasteiger partial charge in [0.15, 0.2) is 0 Å². The van der Waals surface area contributed by atoms with E-state index in [9.17, 15) is 24.3 Å². The fraction of sp³-hybridized carbons (Fsp3) is 0.425. The number of aliphatic hydroxyl groups excluding tert-OH is 1. The van der Waals surface area contributed by atoms with Crippen LogP contribution < -0.4 is 10.4 Å². The van der Waals surface area contributed by atoms with E-state index in [2.05, 4.69) is 4.98 Å². The first-order valence-electron chi connectivity index (χ1n) is 17.2. The van der Waals surface area contributed by atoms with E-state index in [1.54, 1.807) is 42.7 Å². The maximum Gasteiger partial charge on any atom is 0.345 e. The van der Waals surface area contributed by atoms with Gasteiger partial charge in [-0.2, -0.15) is 0 Å². The maximum atomic E-state index is 14.2. The van der Waals surface area contributed by atoms with Crippen LogP contribution in [0.5, 0.6) is 5.75 Å². The average Bonchev–Trinajstić information content (AvgIpc) is 3.09. The molecule has 0 radical (unpaired) electrons. The Hall–Kier alpha value is -5.03. The molecule has 2 aliphatic carbocycles. The number of ether oxygens (including phenoxy) is 4. The van der Waals surface area contributed by atoms with Crippen molar-refractivity contribution in [3.8, 4) is 17.1 Å². The first-order valence-corrected chi connectivity index (χ1v) is 17.2. The summed E-state index contributed by atoms with van der Waals surface area (Å²) in [5.41, 5.74) is -3.00. The molecule has 4 aromatic rings. The number of hydrogen-bond acceptors (Lipinski definition) is 11. The third-order valence-corrected chi connectivity index (χ3v) is 11.7. The summed E-state index contributed by atoms with van der Waals surface area (Å²) in [4.78, 5) is 56.7. The van der Waals surface area contributed by atoms with Crippen molar-refractivity contribution < 1.29 is 42.9 Å². The summed E-state index contributed by atoms with van der Waals surface area (Å²) >= 11 is 0. The van der Waals surface area contributed by atoms with E-state index in [0.29, 0.717) is 29.4 Å². The smallest absolute Gasteiger partial charge is 0.345 e. The number of aliphatic hydroxyl groups is 1. The molecule has 0 spiro atoms. The van der Waals surface area contributed by atoms with Crippen molar-refractivity contribution >= 4 is 28.7 Å². The minimum absolute atomic E-state index is 0.0325. The second-order valence-electron chi connectivity index (χ2n) is 14.8. The van der Waals surface area contributed by atoms with Crippen molar-refractivity contribution in [3.63, 3.8) is 0 Å². The third kappa shape index (κ3) is 5.67. The normalized spacial score (nSPS) is 30.9. The number of rotatable bonds is 6. The van der Waals surface area contributed by atoms with Crippen LogP contribution >= 0.6 is 0 Å². The zero-order valence-corrected chi connectivity index (χ0v) is 29.2. The first kappa shape index (κ1) is 34.4. The lowest BCUT2D eigenvalue weighted by Gasteiger charge is -2.66.